The van der Waals surface area contributed by atoms with E-state index in [2.05, 4.69) is 26.0 Å². The van der Waals surface area contributed by atoms with Crippen LogP contribution >= 0.6 is 15.9 Å². The normalized spacial score (nSPS) is 12.6. The van der Waals surface area contributed by atoms with Gasteiger partial charge in [0, 0.05) is 11.0 Å². The Morgan fingerprint density at radius 1 is 1.08 bits per heavy atom. The van der Waals surface area contributed by atoms with Crippen LogP contribution in [0, 0.1) is 0 Å². The lowest BCUT2D eigenvalue weighted by Crippen LogP contribution is -2.46. The standard InChI is InChI=1S/C17H19BrN2O3S/c1-2-16(17(21)19-12-13-6-4-3-5-7-13)20-24(22,23)15-10-8-14(18)9-11-15/h3-11,16,20H,2,12H2,1H3,(H,19,21). The molecule has 0 heterocycles. The average molecular weight is 411 g/mol. The number of halogens is 1. The monoisotopic (exact) mass is 410 g/mol. The number of hydrogen-bond acceptors (Lipinski definition) is 3. The Bertz CT molecular complexity index is 777. The van der Waals surface area contributed by atoms with Crippen molar-refractivity contribution in [3.8, 4) is 0 Å². The summed E-state index contributed by atoms with van der Waals surface area (Å²) >= 11 is 3.26. The first kappa shape index (κ1) is 18.6. The van der Waals surface area contributed by atoms with Gasteiger partial charge in [-0.3, -0.25) is 4.79 Å². The summed E-state index contributed by atoms with van der Waals surface area (Å²) in [4.78, 5) is 12.4. The molecule has 2 aromatic rings. The Labute approximate surface area is 150 Å². The molecule has 0 bridgehead atoms. The lowest BCUT2D eigenvalue weighted by atomic mass is 10.2. The van der Waals surface area contributed by atoms with Crippen molar-refractivity contribution < 1.29 is 13.2 Å². The summed E-state index contributed by atoms with van der Waals surface area (Å²) in [5, 5.41) is 2.76. The Kier molecular flexibility index (Phi) is 6.53. The predicted molar refractivity (Wildman–Crippen MR) is 96.8 cm³/mol. The lowest BCUT2D eigenvalue weighted by molar-refractivity contribution is -0.122. The smallest absolute Gasteiger partial charge is 0.241 e. The molecular weight excluding hydrogens is 392 g/mol. The fourth-order valence-corrected chi connectivity index (χ4v) is 3.64. The Hall–Kier alpha value is -1.70. The maximum atomic E-state index is 12.4. The van der Waals surface area contributed by atoms with E-state index in [4.69, 9.17) is 0 Å². The van der Waals surface area contributed by atoms with E-state index in [1.54, 1.807) is 19.1 Å². The Morgan fingerprint density at radius 2 is 1.71 bits per heavy atom. The van der Waals surface area contributed by atoms with Crippen molar-refractivity contribution in [2.75, 3.05) is 0 Å². The lowest BCUT2D eigenvalue weighted by Gasteiger charge is -2.17. The maximum Gasteiger partial charge on any atom is 0.241 e. The fraction of sp³-hybridized carbons (Fsp3) is 0.235. The molecule has 1 unspecified atom stereocenters. The molecule has 1 amide bonds. The molecule has 0 aliphatic rings. The van der Waals surface area contributed by atoms with Crippen LogP contribution in [-0.2, 0) is 21.4 Å². The number of carbonyl (C=O) groups is 1. The summed E-state index contributed by atoms with van der Waals surface area (Å²) in [7, 11) is -3.75. The van der Waals surface area contributed by atoms with Crippen LogP contribution in [0.3, 0.4) is 0 Å². The van der Waals surface area contributed by atoms with Crippen molar-refractivity contribution in [2.45, 2.75) is 30.8 Å². The van der Waals surface area contributed by atoms with E-state index in [-0.39, 0.29) is 10.8 Å². The van der Waals surface area contributed by atoms with E-state index in [1.807, 2.05) is 30.3 Å². The summed E-state index contributed by atoms with van der Waals surface area (Å²) in [5.41, 5.74) is 0.955. The van der Waals surface area contributed by atoms with E-state index >= 15 is 0 Å². The fourth-order valence-electron chi connectivity index (χ4n) is 2.10. The summed E-state index contributed by atoms with van der Waals surface area (Å²) in [5.74, 6) is -0.345. The van der Waals surface area contributed by atoms with Gasteiger partial charge >= 0.3 is 0 Å². The highest BCUT2D eigenvalue weighted by atomic mass is 79.9. The van der Waals surface area contributed by atoms with Crippen LogP contribution in [0.4, 0.5) is 0 Å². The van der Waals surface area contributed by atoms with E-state index in [9.17, 15) is 13.2 Å². The molecule has 2 aromatic carbocycles. The molecule has 0 aliphatic carbocycles. The second kappa shape index (κ2) is 8.41. The first-order valence-corrected chi connectivity index (χ1v) is 9.79. The van der Waals surface area contributed by atoms with Gasteiger partial charge in [0.2, 0.25) is 15.9 Å². The van der Waals surface area contributed by atoms with Crippen LogP contribution in [0.15, 0.2) is 64.0 Å². The van der Waals surface area contributed by atoms with Crippen LogP contribution in [0.2, 0.25) is 0 Å². The molecule has 2 N–H and O–H groups in total. The Balaban J connectivity index is 2.02. The van der Waals surface area contributed by atoms with Crippen molar-refractivity contribution in [1.29, 1.82) is 0 Å². The van der Waals surface area contributed by atoms with Crippen LogP contribution < -0.4 is 10.0 Å². The number of amides is 1. The van der Waals surface area contributed by atoms with Gasteiger partial charge in [-0.1, -0.05) is 53.2 Å². The third-order valence-electron chi connectivity index (χ3n) is 3.46. The third kappa shape index (κ3) is 5.15. The molecule has 1 atom stereocenters. The van der Waals surface area contributed by atoms with E-state index in [1.165, 1.54) is 12.1 Å². The van der Waals surface area contributed by atoms with Crippen molar-refractivity contribution in [1.82, 2.24) is 10.0 Å². The molecule has 0 radical (unpaired) electrons. The first-order valence-electron chi connectivity index (χ1n) is 7.52. The largest absolute Gasteiger partial charge is 0.351 e. The first-order chi connectivity index (χ1) is 11.4. The van der Waals surface area contributed by atoms with Gasteiger partial charge in [0.05, 0.1) is 4.90 Å². The zero-order chi connectivity index (χ0) is 17.6. The van der Waals surface area contributed by atoms with Crippen molar-refractivity contribution >= 4 is 31.9 Å². The van der Waals surface area contributed by atoms with E-state index in [0.29, 0.717) is 13.0 Å². The van der Waals surface area contributed by atoms with Crippen LogP contribution in [0.1, 0.15) is 18.9 Å². The minimum atomic E-state index is -3.75. The quantitative estimate of drug-likeness (QED) is 0.736. The predicted octanol–water partition coefficient (Wildman–Crippen LogP) is 2.82. The molecule has 0 aliphatic heterocycles. The van der Waals surface area contributed by atoms with Gasteiger partial charge < -0.3 is 5.32 Å². The minimum Gasteiger partial charge on any atom is -0.351 e. The molecule has 0 spiro atoms. The van der Waals surface area contributed by atoms with E-state index in [0.717, 1.165) is 10.0 Å². The number of hydrogen-bond donors (Lipinski definition) is 2. The number of sulfonamides is 1. The highest BCUT2D eigenvalue weighted by Crippen LogP contribution is 2.15. The van der Waals surface area contributed by atoms with Crippen molar-refractivity contribution in [3.05, 3.63) is 64.6 Å². The van der Waals surface area contributed by atoms with Gasteiger partial charge in [0.1, 0.15) is 6.04 Å². The highest BCUT2D eigenvalue weighted by molar-refractivity contribution is 9.10. The molecule has 0 aromatic heterocycles. The SMILES string of the molecule is CCC(NS(=O)(=O)c1ccc(Br)cc1)C(=O)NCc1ccccc1. The number of benzene rings is 2. The molecule has 5 nitrogen and oxygen atoms in total. The molecule has 0 fully saturated rings. The topological polar surface area (TPSA) is 75.3 Å². The number of nitrogens with one attached hydrogen (secondary N) is 2. The molecular formula is C17H19BrN2O3S. The molecule has 2 rings (SSSR count). The molecule has 0 saturated heterocycles. The summed E-state index contributed by atoms with van der Waals surface area (Å²) in [6, 6.07) is 14.9. The zero-order valence-electron chi connectivity index (χ0n) is 13.2. The summed E-state index contributed by atoms with van der Waals surface area (Å²) in [6.07, 6.45) is 0.358. The minimum absolute atomic E-state index is 0.125. The Morgan fingerprint density at radius 3 is 2.29 bits per heavy atom. The van der Waals surface area contributed by atoms with Gasteiger partial charge in [0.25, 0.3) is 0 Å². The molecule has 0 saturated carbocycles. The molecule has 7 heteroatoms. The van der Waals surface area contributed by atoms with Crippen LogP contribution in [0.5, 0.6) is 0 Å². The van der Waals surface area contributed by atoms with Crippen molar-refractivity contribution in [3.63, 3.8) is 0 Å². The zero-order valence-corrected chi connectivity index (χ0v) is 15.6. The number of rotatable bonds is 7. The van der Waals surface area contributed by atoms with Crippen molar-refractivity contribution in [2.24, 2.45) is 0 Å². The maximum absolute atomic E-state index is 12.4. The highest BCUT2D eigenvalue weighted by Gasteiger charge is 2.24. The molecule has 24 heavy (non-hydrogen) atoms. The second-order valence-electron chi connectivity index (χ2n) is 5.24. The van der Waals surface area contributed by atoms with Gasteiger partial charge in [-0.25, -0.2) is 8.42 Å². The average Bonchev–Trinajstić information content (AvgIpc) is 2.59. The second-order valence-corrected chi connectivity index (χ2v) is 7.87. The van der Waals surface area contributed by atoms with E-state index < -0.39 is 16.1 Å². The third-order valence-corrected chi connectivity index (χ3v) is 5.47. The summed E-state index contributed by atoms with van der Waals surface area (Å²) < 4.78 is 28.0. The van der Waals surface area contributed by atoms with Crippen LogP contribution in [-0.4, -0.2) is 20.4 Å². The van der Waals surface area contributed by atoms with Gasteiger partial charge in [-0.15, -0.1) is 0 Å². The van der Waals surface area contributed by atoms with Crippen LogP contribution in [0.25, 0.3) is 0 Å². The summed E-state index contributed by atoms with van der Waals surface area (Å²) in [6.45, 7) is 2.12. The van der Waals surface area contributed by atoms with Gasteiger partial charge in [0.15, 0.2) is 0 Å². The number of carbonyl (C=O) groups excluding carboxylic acids is 1. The van der Waals surface area contributed by atoms with Gasteiger partial charge in [-0.2, -0.15) is 4.72 Å². The van der Waals surface area contributed by atoms with Gasteiger partial charge in [-0.05, 0) is 36.2 Å². The molecule has 128 valence electrons.